The third-order valence-electron chi connectivity index (χ3n) is 4.42. The van der Waals surface area contributed by atoms with Crippen LogP contribution in [0.15, 0.2) is 47.0 Å². The second-order valence-electron chi connectivity index (χ2n) is 6.62. The number of amides is 1. The molecule has 0 saturated carbocycles. The predicted molar refractivity (Wildman–Crippen MR) is 105 cm³/mol. The van der Waals surface area contributed by atoms with Crippen molar-refractivity contribution in [3.05, 3.63) is 53.9 Å². The van der Waals surface area contributed by atoms with Crippen LogP contribution in [0.3, 0.4) is 0 Å². The summed E-state index contributed by atoms with van der Waals surface area (Å²) in [7, 11) is 3.93. The molecule has 0 spiro atoms. The van der Waals surface area contributed by atoms with E-state index in [0.717, 1.165) is 22.1 Å². The van der Waals surface area contributed by atoms with Gasteiger partial charge in [0, 0.05) is 30.2 Å². The van der Waals surface area contributed by atoms with Gasteiger partial charge >= 0.3 is 0 Å². The van der Waals surface area contributed by atoms with Crippen LogP contribution in [0.2, 0.25) is 0 Å². The Bertz CT molecular complexity index is 1130. The largest absolute Gasteiger partial charge is 0.451 e. The van der Waals surface area contributed by atoms with E-state index in [-0.39, 0.29) is 5.91 Å². The second-order valence-corrected chi connectivity index (χ2v) is 6.62. The number of nitrogens with one attached hydrogen (secondary N) is 1. The van der Waals surface area contributed by atoms with E-state index >= 15 is 0 Å². The van der Waals surface area contributed by atoms with Crippen LogP contribution in [0.1, 0.15) is 23.0 Å². The molecule has 0 atom stereocenters. The van der Waals surface area contributed by atoms with E-state index in [1.54, 1.807) is 6.20 Å². The zero-order valence-electron chi connectivity index (χ0n) is 15.6. The van der Waals surface area contributed by atoms with Crippen LogP contribution in [0.4, 0.5) is 5.95 Å². The molecule has 3 heterocycles. The van der Waals surface area contributed by atoms with E-state index in [0.29, 0.717) is 30.4 Å². The number of aromatic nitrogens is 3. The SMILES string of the molecule is CCn1c(NC(=O)c2oc3ccccc3c2CN(C)C)nc2cccnc21. The number of aryl methyl sites for hydroxylation is 1. The minimum atomic E-state index is -0.312. The van der Waals surface area contributed by atoms with Crippen molar-refractivity contribution in [3.63, 3.8) is 0 Å². The molecule has 0 radical (unpaired) electrons. The van der Waals surface area contributed by atoms with Crippen molar-refractivity contribution in [1.82, 2.24) is 19.4 Å². The van der Waals surface area contributed by atoms with Crippen LogP contribution in [0.25, 0.3) is 22.1 Å². The van der Waals surface area contributed by atoms with Crippen LogP contribution in [0.5, 0.6) is 0 Å². The van der Waals surface area contributed by atoms with E-state index in [1.165, 1.54) is 0 Å². The molecular formula is C20H21N5O2. The number of fused-ring (bicyclic) bond motifs is 2. The number of hydrogen-bond acceptors (Lipinski definition) is 5. The third kappa shape index (κ3) is 3.06. The highest BCUT2D eigenvalue weighted by atomic mass is 16.3. The van der Waals surface area contributed by atoms with Gasteiger partial charge in [0.1, 0.15) is 11.1 Å². The van der Waals surface area contributed by atoms with Crippen LogP contribution in [0, 0.1) is 0 Å². The molecule has 0 unspecified atom stereocenters. The summed E-state index contributed by atoms with van der Waals surface area (Å²) in [5, 5.41) is 3.85. The van der Waals surface area contributed by atoms with Gasteiger partial charge in [0.15, 0.2) is 11.4 Å². The molecule has 1 aromatic carbocycles. The number of nitrogens with zero attached hydrogens (tertiary/aromatic N) is 4. The van der Waals surface area contributed by atoms with Crippen LogP contribution < -0.4 is 5.32 Å². The molecule has 7 nitrogen and oxygen atoms in total. The maximum Gasteiger partial charge on any atom is 0.294 e. The maximum atomic E-state index is 13.0. The standard InChI is InChI=1S/C20H21N5O2/c1-4-25-18-15(9-7-11-21-18)22-20(25)23-19(26)17-14(12-24(2)3)13-8-5-6-10-16(13)27-17/h5-11H,4,12H2,1-3H3,(H,22,23,26). The lowest BCUT2D eigenvalue weighted by Crippen LogP contribution is -2.19. The number of para-hydroxylation sites is 1. The van der Waals surface area contributed by atoms with Gasteiger partial charge < -0.3 is 9.32 Å². The Morgan fingerprint density at radius 1 is 1.22 bits per heavy atom. The molecule has 1 amide bonds. The van der Waals surface area contributed by atoms with Crippen LogP contribution >= 0.6 is 0 Å². The molecule has 1 N–H and O–H groups in total. The molecular weight excluding hydrogens is 342 g/mol. The van der Waals surface area contributed by atoms with Crippen molar-refractivity contribution >= 4 is 34.0 Å². The fraction of sp³-hybridized carbons (Fsp3) is 0.250. The van der Waals surface area contributed by atoms with Crippen molar-refractivity contribution in [2.75, 3.05) is 19.4 Å². The van der Waals surface area contributed by atoms with Crippen molar-refractivity contribution in [3.8, 4) is 0 Å². The van der Waals surface area contributed by atoms with Gasteiger partial charge in [0.05, 0.1) is 0 Å². The van der Waals surface area contributed by atoms with E-state index in [4.69, 9.17) is 4.42 Å². The molecule has 138 valence electrons. The molecule has 7 heteroatoms. The summed E-state index contributed by atoms with van der Waals surface area (Å²) in [6.45, 7) is 3.24. The van der Waals surface area contributed by atoms with Crippen molar-refractivity contribution in [2.45, 2.75) is 20.0 Å². The van der Waals surface area contributed by atoms with Gasteiger partial charge in [-0.2, -0.15) is 0 Å². The number of hydrogen-bond donors (Lipinski definition) is 1. The number of furan rings is 1. The number of pyridine rings is 1. The summed E-state index contributed by atoms with van der Waals surface area (Å²) >= 11 is 0. The normalized spacial score (nSPS) is 11.6. The Hall–Kier alpha value is -3.19. The summed E-state index contributed by atoms with van der Waals surface area (Å²) in [5.41, 5.74) is 3.05. The molecule has 0 bridgehead atoms. The van der Waals surface area contributed by atoms with Crippen LogP contribution in [-0.4, -0.2) is 39.4 Å². The smallest absolute Gasteiger partial charge is 0.294 e. The molecule has 0 aliphatic heterocycles. The monoisotopic (exact) mass is 363 g/mol. The highest BCUT2D eigenvalue weighted by molar-refractivity contribution is 6.06. The highest BCUT2D eigenvalue weighted by Crippen LogP contribution is 2.28. The number of carbonyl (C=O) groups is 1. The minimum absolute atomic E-state index is 0.312. The summed E-state index contributed by atoms with van der Waals surface area (Å²) in [4.78, 5) is 23.9. The first-order valence-electron chi connectivity index (χ1n) is 8.86. The number of benzene rings is 1. The molecule has 0 aliphatic rings. The molecule has 0 aliphatic carbocycles. The fourth-order valence-electron chi connectivity index (χ4n) is 3.27. The minimum Gasteiger partial charge on any atom is -0.451 e. The second kappa shape index (κ2) is 6.85. The summed E-state index contributed by atoms with van der Waals surface area (Å²) in [6.07, 6.45) is 1.72. The predicted octanol–water partition coefficient (Wildman–Crippen LogP) is 3.51. The van der Waals surface area contributed by atoms with Gasteiger partial charge in [-0.15, -0.1) is 0 Å². The topological polar surface area (TPSA) is 76.2 Å². The number of anilines is 1. The zero-order chi connectivity index (χ0) is 19.0. The maximum absolute atomic E-state index is 13.0. The average Bonchev–Trinajstić information content (AvgIpc) is 3.19. The molecule has 4 rings (SSSR count). The van der Waals surface area contributed by atoms with Gasteiger partial charge in [-0.25, -0.2) is 9.97 Å². The summed E-state index contributed by atoms with van der Waals surface area (Å²) in [6, 6.07) is 11.4. The van der Waals surface area contributed by atoms with Gasteiger partial charge in [-0.1, -0.05) is 18.2 Å². The Labute approximate surface area is 156 Å². The highest BCUT2D eigenvalue weighted by Gasteiger charge is 2.23. The third-order valence-corrected chi connectivity index (χ3v) is 4.42. The Balaban J connectivity index is 1.75. The van der Waals surface area contributed by atoms with E-state index in [1.807, 2.05) is 66.9 Å². The van der Waals surface area contributed by atoms with Gasteiger partial charge in [-0.3, -0.25) is 14.7 Å². The van der Waals surface area contributed by atoms with Crippen molar-refractivity contribution < 1.29 is 9.21 Å². The molecule has 27 heavy (non-hydrogen) atoms. The summed E-state index contributed by atoms with van der Waals surface area (Å²) < 4.78 is 7.77. The Kier molecular flexibility index (Phi) is 4.37. The van der Waals surface area contributed by atoms with Gasteiger partial charge in [-0.05, 0) is 39.2 Å². The van der Waals surface area contributed by atoms with Gasteiger partial charge in [0.2, 0.25) is 5.95 Å². The molecule has 0 saturated heterocycles. The molecule has 4 aromatic rings. The van der Waals surface area contributed by atoms with E-state index in [9.17, 15) is 4.79 Å². The lowest BCUT2D eigenvalue weighted by atomic mass is 10.1. The lowest BCUT2D eigenvalue weighted by Gasteiger charge is -2.10. The number of carbonyl (C=O) groups excluding carboxylic acids is 1. The first-order chi connectivity index (χ1) is 13.1. The average molecular weight is 363 g/mol. The Morgan fingerprint density at radius 3 is 2.81 bits per heavy atom. The van der Waals surface area contributed by atoms with Crippen LogP contribution in [-0.2, 0) is 13.1 Å². The first-order valence-corrected chi connectivity index (χ1v) is 8.86. The fourth-order valence-corrected chi connectivity index (χ4v) is 3.27. The summed E-state index contributed by atoms with van der Waals surface area (Å²) in [5.74, 6) is 0.466. The van der Waals surface area contributed by atoms with Crippen molar-refractivity contribution in [1.29, 1.82) is 0 Å². The quantitative estimate of drug-likeness (QED) is 0.587. The molecule has 3 aromatic heterocycles. The Morgan fingerprint density at radius 2 is 2.04 bits per heavy atom. The lowest BCUT2D eigenvalue weighted by molar-refractivity contribution is 0.0995. The van der Waals surface area contributed by atoms with E-state index in [2.05, 4.69) is 15.3 Å². The van der Waals surface area contributed by atoms with E-state index < -0.39 is 0 Å². The zero-order valence-corrected chi connectivity index (χ0v) is 15.6. The number of rotatable bonds is 5. The number of imidazole rings is 1. The first kappa shape index (κ1) is 17.2. The van der Waals surface area contributed by atoms with Gasteiger partial charge in [0.25, 0.3) is 5.91 Å². The van der Waals surface area contributed by atoms with Crippen molar-refractivity contribution in [2.24, 2.45) is 0 Å². The molecule has 0 fully saturated rings.